The van der Waals surface area contributed by atoms with Crippen molar-refractivity contribution in [3.8, 4) is 6.07 Å². The zero-order chi connectivity index (χ0) is 12.8. The van der Waals surface area contributed by atoms with Crippen LogP contribution in [0.1, 0.15) is 11.1 Å². The van der Waals surface area contributed by atoms with E-state index in [4.69, 9.17) is 5.26 Å². The summed E-state index contributed by atoms with van der Waals surface area (Å²) in [5.74, 6) is 0.767. The summed E-state index contributed by atoms with van der Waals surface area (Å²) in [7, 11) is 0. The summed E-state index contributed by atoms with van der Waals surface area (Å²) in [6, 6.07) is 9.59. The van der Waals surface area contributed by atoms with Crippen LogP contribution in [0.4, 0.5) is 0 Å². The summed E-state index contributed by atoms with van der Waals surface area (Å²) in [6.07, 6.45) is 1.75. The maximum absolute atomic E-state index is 8.71. The lowest BCUT2D eigenvalue weighted by molar-refractivity contribution is 0.614. The highest BCUT2D eigenvalue weighted by molar-refractivity contribution is 7.98. The molecule has 0 atom stereocenters. The van der Waals surface area contributed by atoms with E-state index in [1.54, 1.807) is 22.5 Å². The van der Waals surface area contributed by atoms with Gasteiger partial charge in [-0.2, -0.15) is 5.26 Å². The number of nitrogens with zero attached hydrogens (tertiary/aromatic N) is 5. The fourth-order valence-electron chi connectivity index (χ4n) is 1.36. The number of hydrogen-bond donors (Lipinski definition) is 0. The molecule has 90 valence electrons. The fourth-order valence-corrected chi connectivity index (χ4v) is 2.20. The molecule has 2 rings (SSSR count). The molecule has 6 heteroatoms. The Hall–Kier alpha value is -2.13. The van der Waals surface area contributed by atoms with Crippen LogP contribution in [0.2, 0.25) is 0 Å². The average molecular weight is 257 g/mol. The van der Waals surface area contributed by atoms with Gasteiger partial charge in [0.25, 0.3) is 0 Å². The zero-order valence-corrected chi connectivity index (χ0v) is 10.5. The molecular weight excluding hydrogens is 246 g/mol. The van der Waals surface area contributed by atoms with Gasteiger partial charge in [0.1, 0.15) is 0 Å². The maximum Gasteiger partial charge on any atom is 0.209 e. The van der Waals surface area contributed by atoms with E-state index >= 15 is 0 Å². The predicted octanol–water partition coefficient (Wildman–Crippen LogP) is 2.02. The highest BCUT2D eigenvalue weighted by Gasteiger charge is 2.05. The summed E-state index contributed by atoms with van der Waals surface area (Å²) in [5, 5.41) is 20.9. The second-order valence-corrected chi connectivity index (χ2v) is 4.47. The van der Waals surface area contributed by atoms with E-state index in [1.807, 2.05) is 24.3 Å². The summed E-state index contributed by atoms with van der Waals surface area (Å²) in [4.78, 5) is 0. The minimum atomic E-state index is 0.600. The minimum absolute atomic E-state index is 0.600. The number of aromatic nitrogens is 4. The average Bonchev–Trinajstić information content (AvgIpc) is 2.85. The molecule has 0 spiro atoms. The van der Waals surface area contributed by atoms with Crippen LogP contribution in [0.15, 0.2) is 42.1 Å². The number of thioether (sulfide) groups is 1. The van der Waals surface area contributed by atoms with E-state index in [1.165, 1.54) is 0 Å². The van der Waals surface area contributed by atoms with Gasteiger partial charge in [-0.3, -0.25) is 0 Å². The van der Waals surface area contributed by atoms with Crippen LogP contribution in [0, 0.1) is 11.3 Å². The molecule has 0 aliphatic carbocycles. The SMILES string of the molecule is C=CCn1nnnc1SCc1ccc(C#N)cc1. The topological polar surface area (TPSA) is 67.4 Å². The van der Waals surface area contributed by atoms with Crippen LogP contribution in [0.5, 0.6) is 0 Å². The molecule has 18 heavy (non-hydrogen) atoms. The molecule has 0 fully saturated rings. The van der Waals surface area contributed by atoms with Gasteiger partial charge in [0.15, 0.2) is 0 Å². The Morgan fingerprint density at radius 1 is 1.39 bits per heavy atom. The largest absolute Gasteiger partial charge is 0.217 e. The molecule has 0 aliphatic heterocycles. The molecule has 0 radical (unpaired) electrons. The van der Waals surface area contributed by atoms with Gasteiger partial charge in [-0.05, 0) is 28.1 Å². The van der Waals surface area contributed by atoms with Crippen molar-refractivity contribution in [3.05, 3.63) is 48.0 Å². The van der Waals surface area contributed by atoms with Gasteiger partial charge < -0.3 is 0 Å². The van der Waals surface area contributed by atoms with Crippen molar-refractivity contribution >= 4 is 11.8 Å². The molecule has 0 bridgehead atoms. The monoisotopic (exact) mass is 257 g/mol. The lowest BCUT2D eigenvalue weighted by atomic mass is 10.2. The molecule has 0 saturated heterocycles. The third kappa shape index (κ3) is 2.96. The molecule has 0 aliphatic rings. The first kappa shape index (κ1) is 12.3. The Balaban J connectivity index is 2.00. The second kappa shape index (κ2) is 5.98. The normalized spacial score (nSPS) is 9.94. The summed E-state index contributed by atoms with van der Waals surface area (Å²) >= 11 is 1.56. The van der Waals surface area contributed by atoms with Crippen molar-refractivity contribution in [1.82, 2.24) is 20.2 Å². The molecular formula is C12H11N5S. The van der Waals surface area contributed by atoms with Crippen LogP contribution < -0.4 is 0 Å². The van der Waals surface area contributed by atoms with Gasteiger partial charge in [-0.1, -0.05) is 30.0 Å². The number of hydrogen-bond acceptors (Lipinski definition) is 5. The number of allylic oxidation sites excluding steroid dienone is 1. The Morgan fingerprint density at radius 2 is 2.17 bits per heavy atom. The second-order valence-electron chi connectivity index (χ2n) is 3.53. The van der Waals surface area contributed by atoms with Crippen LogP contribution in [-0.2, 0) is 12.3 Å². The quantitative estimate of drug-likeness (QED) is 0.605. The van der Waals surface area contributed by atoms with Crippen molar-refractivity contribution in [2.24, 2.45) is 0 Å². The Labute approximate surface area is 109 Å². The first-order chi connectivity index (χ1) is 8.83. The maximum atomic E-state index is 8.71. The van der Waals surface area contributed by atoms with Crippen molar-refractivity contribution in [1.29, 1.82) is 5.26 Å². The number of nitriles is 1. The highest BCUT2D eigenvalue weighted by Crippen LogP contribution is 2.20. The summed E-state index contributed by atoms with van der Waals surface area (Å²) in [5.41, 5.74) is 1.80. The predicted molar refractivity (Wildman–Crippen MR) is 68.7 cm³/mol. The van der Waals surface area contributed by atoms with Gasteiger partial charge in [-0.15, -0.1) is 11.7 Å². The molecule has 5 nitrogen and oxygen atoms in total. The minimum Gasteiger partial charge on any atom is -0.217 e. The fraction of sp³-hybridized carbons (Fsp3) is 0.167. The third-order valence-electron chi connectivity index (χ3n) is 2.25. The van der Waals surface area contributed by atoms with Crippen molar-refractivity contribution in [2.45, 2.75) is 17.5 Å². The Bertz CT molecular complexity index is 567. The van der Waals surface area contributed by atoms with Gasteiger partial charge >= 0.3 is 0 Å². The van der Waals surface area contributed by atoms with Crippen LogP contribution in [-0.4, -0.2) is 20.2 Å². The Morgan fingerprint density at radius 3 is 2.83 bits per heavy atom. The van der Waals surface area contributed by atoms with Gasteiger partial charge in [0, 0.05) is 5.75 Å². The molecule has 1 heterocycles. The zero-order valence-electron chi connectivity index (χ0n) is 9.65. The molecule has 1 aromatic heterocycles. The van der Waals surface area contributed by atoms with Crippen molar-refractivity contribution in [3.63, 3.8) is 0 Å². The smallest absolute Gasteiger partial charge is 0.209 e. The van der Waals surface area contributed by atoms with Crippen molar-refractivity contribution < 1.29 is 0 Å². The molecule has 2 aromatic rings. The van der Waals surface area contributed by atoms with Gasteiger partial charge in [0.2, 0.25) is 5.16 Å². The summed E-state index contributed by atoms with van der Waals surface area (Å²) in [6.45, 7) is 4.26. The molecule has 0 N–H and O–H groups in total. The highest BCUT2D eigenvalue weighted by atomic mass is 32.2. The van der Waals surface area contributed by atoms with Crippen LogP contribution in [0.25, 0.3) is 0 Å². The van der Waals surface area contributed by atoms with E-state index in [0.29, 0.717) is 12.1 Å². The Kier molecular flexibility index (Phi) is 4.10. The van der Waals surface area contributed by atoms with E-state index < -0.39 is 0 Å². The van der Waals surface area contributed by atoms with E-state index in [-0.39, 0.29) is 0 Å². The van der Waals surface area contributed by atoms with Gasteiger partial charge in [-0.25, -0.2) is 4.68 Å². The lowest BCUT2D eigenvalue weighted by Crippen LogP contribution is -1.99. The molecule has 0 amide bonds. The first-order valence-corrected chi connectivity index (χ1v) is 6.31. The van der Waals surface area contributed by atoms with Crippen LogP contribution >= 0.6 is 11.8 Å². The number of rotatable bonds is 5. The third-order valence-corrected chi connectivity index (χ3v) is 3.28. The van der Waals surface area contributed by atoms with E-state index in [0.717, 1.165) is 16.5 Å². The van der Waals surface area contributed by atoms with E-state index in [9.17, 15) is 0 Å². The lowest BCUT2D eigenvalue weighted by Gasteiger charge is -2.01. The van der Waals surface area contributed by atoms with E-state index in [2.05, 4.69) is 28.2 Å². The van der Waals surface area contributed by atoms with Crippen LogP contribution in [0.3, 0.4) is 0 Å². The van der Waals surface area contributed by atoms with Crippen molar-refractivity contribution in [2.75, 3.05) is 0 Å². The number of tetrazole rings is 1. The standard InChI is InChI=1S/C12H11N5S/c1-2-7-17-12(14-15-16-17)18-9-11-5-3-10(8-13)4-6-11/h2-6H,1,7,9H2. The first-order valence-electron chi connectivity index (χ1n) is 5.32. The molecule has 0 saturated carbocycles. The van der Waals surface area contributed by atoms with Gasteiger partial charge in [0.05, 0.1) is 18.2 Å². The number of benzene rings is 1. The molecule has 0 unspecified atom stereocenters. The summed E-state index contributed by atoms with van der Waals surface area (Å²) < 4.78 is 1.70. The molecule has 1 aromatic carbocycles.